The molecule has 1 aliphatic heterocycles. The first kappa shape index (κ1) is 15.2. The van der Waals surface area contributed by atoms with E-state index in [4.69, 9.17) is 14.9 Å². The second kappa shape index (κ2) is 6.06. The maximum Gasteiger partial charge on any atom is 0.317 e. The van der Waals surface area contributed by atoms with Crippen LogP contribution in [0, 0.1) is 5.82 Å². The number of nitrogens with zero attached hydrogens (tertiary/aromatic N) is 1. The summed E-state index contributed by atoms with van der Waals surface area (Å²) in [7, 11) is 0. The number of ether oxygens (including phenoxy) is 1. The third-order valence-electron chi connectivity index (χ3n) is 3.22. The highest BCUT2D eigenvalue weighted by molar-refractivity contribution is 5.72. The highest BCUT2D eigenvalue weighted by atomic mass is 19.1. The number of carbonyl (C=O) groups is 2. The normalized spacial score (nSPS) is 20.7. The first-order valence-corrected chi connectivity index (χ1v) is 6.17. The van der Waals surface area contributed by atoms with Crippen LogP contribution in [0.3, 0.4) is 0 Å². The summed E-state index contributed by atoms with van der Waals surface area (Å²) in [5.74, 6) is -3.18. The number of carboxylic acids is 2. The molecule has 8 heteroatoms. The number of carboxylic acid groups (broad SMARTS) is 2. The topological polar surface area (TPSA) is 107 Å². The van der Waals surface area contributed by atoms with Crippen molar-refractivity contribution >= 4 is 11.9 Å². The molecule has 1 aromatic rings. The average molecular weight is 299 g/mol. The number of hydrogen-bond donors (Lipinski definition) is 3. The summed E-state index contributed by atoms with van der Waals surface area (Å²) in [6, 6.07) is 3.14. The Labute approximate surface area is 119 Å². The zero-order valence-corrected chi connectivity index (χ0v) is 10.9. The van der Waals surface area contributed by atoms with Crippen LogP contribution in [0.15, 0.2) is 18.2 Å². The Morgan fingerprint density at radius 3 is 2.48 bits per heavy atom. The number of halogens is 1. The molecule has 1 aromatic carbocycles. The highest BCUT2D eigenvalue weighted by Crippen LogP contribution is 2.35. The van der Waals surface area contributed by atoms with Crippen molar-refractivity contribution in [3.05, 3.63) is 29.6 Å². The number of aliphatic hydroxyl groups is 1. The van der Waals surface area contributed by atoms with Gasteiger partial charge in [0, 0.05) is 5.56 Å². The number of benzene rings is 1. The van der Waals surface area contributed by atoms with Crippen molar-refractivity contribution in [2.24, 2.45) is 0 Å². The Morgan fingerprint density at radius 2 is 1.90 bits per heavy atom. The molecular weight excluding hydrogens is 285 g/mol. The van der Waals surface area contributed by atoms with Crippen LogP contribution >= 0.6 is 0 Å². The van der Waals surface area contributed by atoms with E-state index >= 15 is 0 Å². The van der Waals surface area contributed by atoms with Crippen LogP contribution in [0.25, 0.3) is 0 Å². The minimum absolute atomic E-state index is 0.0909. The summed E-state index contributed by atoms with van der Waals surface area (Å²) in [6.07, 6.45) is -1.23. The molecule has 0 bridgehead atoms. The molecular formula is C13H14FNO6. The fourth-order valence-electron chi connectivity index (χ4n) is 2.32. The first-order valence-electron chi connectivity index (χ1n) is 6.17. The van der Waals surface area contributed by atoms with Crippen LogP contribution in [0.5, 0.6) is 5.75 Å². The number of aliphatic carboxylic acids is 2. The van der Waals surface area contributed by atoms with E-state index in [2.05, 4.69) is 0 Å². The number of para-hydroxylation sites is 1. The predicted octanol–water partition coefficient (Wildman–Crippen LogP) is 0.0913. The number of rotatable bonds is 5. The molecule has 21 heavy (non-hydrogen) atoms. The smallest absolute Gasteiger partial charge is 0.317 e. The van der Waals surface area contributed by atoms with Crippen LogP contribution in [-0.2, 0) is 9.59 Å². The molecule has 0 radical (unpaired) electrons. The zero-order chi connectivity index (χ0) is 15.6. The van der Waals surface area contributed by atoms with Crippen molar-refractivity contribution in [3.63, 3.8) is 0 Å². The number of fused-ring (bicyclic) bond motifs is 1. The van der Waals surface area contributed by atoms with Gasteiger partial charge in [0.1, 0.15) is 12.7 Å². The summed E-state index contributed by atoms with van der Waals surface area (Å²) in [5.41, 5.74) is 0.173. The molecule has 3 N–H and O–H groups in total. The van der Waals surface area contributed by atoms with E-state index in [0.717, 1.165) is 4.90 Å². The van der Waals surface area contributed by atoms with Gasteiger partial charge in [-0.25, -0.2) is 4.39 Å². The van der Waals surface area contributed by atoms with Gasteiger partial charge in [0.05, 0.1) is 19.1 Å². The minimum atomic E-state index is -1.23. The second-order valence-corrected chi connectivity index (χ2v) is 4.67. The molecule has 0 aliphatic carbocycles. The zero-order valence-electron chi connectivity index (χ0n) is 10.9. The summed E-state index contributed by atoms with van der Waals surface area (Å²) >= 11 is 0. The maximum absolute atomic E-state index is 13.6. The maximum atomic E-state index is 13.6. The van der Waals surface area contributed by atoms with E-state index in [-0.39, 0.29) is 17.9 Å². The minimum Gasteiger partial charge on any atom is -0.488 e. The van der Waals surface area contributed by atoms with Gasteiger partial charge in [-0.05, 0) is 6.07 Å². The van der Waals surface area contributed by atoms with Crippen molar-refractivity contribution in [2.45, 2.75) is 12.1 Å². The molecule has 1 heterocycles. The molecule has 2 rings (SSSR count). The fourth-order valence-corrected chi connectivity index (χ4v) is 2.32. The van der Waals surface area contributed by atoms with Gasteiger partial charge in [-0.2, -0.15) is 0 Å². The van der Waals surface area contributed by atoms with Gasteiger partial charge in [-0.15, -0.1) is 0 Å². The lowest BCUT2D eigenvalue weighted by molar-refractivity contribution is -0.144. The third kappa shape index (κ3) is 3.29. The Hall–Kier alpha value is -2.19. The Balaban J connectivity index is 2.27. The van der Waals surface area contributed by atoms with Crippen LogP contribution in [0.2, 0.25) is 0 Å². The van der Waals surface area contributed by atoms with Gasteiger partial charge in [0.2, 0.25) is 0 Å². The van der Waals surface area contributed by atoms with Crippen LogP contribution in [-0.4, -0.2) is 57.9 Å². The SMILES string of the molecule is O=C(O)CN(CC(=O)O)C1COc2c(F)cccc2C1O. The van der Waals surface area contributed by atoms with E-state index < -0.39 is 43.0 Å². The van der Waals surface area contributed by atoms with Crippen LogP contribution in [0.1, 0.15) is 11.7 Å². The molecule has 0 spiro atoms. The Morgan fingerprint density at radius 1 is 1.29 bits per heavy atom. The van der Waals surface area contributed by atoms with Crippen molar-refractivity contribution in [1.82, 2.24) is 4.90 Å². The van der Waals surface area contributed by atoms with Crippen LogP contribution in [0.4, 0.5) is 4.39 Å². The molecule has 114 valence electrons. The van der Waals surface area contributed by atoms with Gasteiger partial charge in [-0.1, -0.05) is 12.1 Å². The van der Waals surface area contributed by atoms with Crippen LogP contribution < -0.4 is 4.74 Å². The summed E-state index contributed by atoms with van der Waals surface area (Å²) < 4.78 is 18.8. The standard InChI is InChI=1S/C13H14FNO6/c14-8-3-1-2-7-12(20)9(6-21-13(7)8)15(4-10(16)17)5-11(18)19/h1-3,9,12,20H,4-6H2,(H,16,17)(H,18,19). The molecule has 0 saturated heterocycles. The van der Waals surface area contributed by atoms with Crippen molar-refractivity contribution in [1.29, 1.82) is 0 Å². The second-order valence-electron chi connectivity index (χ2n) is 4.67. The van der Waals surface area contributed by atoms with E-state index in [1.165, 1.54) is 18.2 Å². The van der Waals surface area contributed by atoms with Crippen molar-refractivity contribution in [3.8, 4) is 5.75 Å². The lowest BCUT2D eigenvalue weighted by atomic mass is 9.97. The number of hydrogen-bond acceptors (Lipinski definition) is 5. The largest absolute Gasteiger partial charge is 0.488 e. The van der Waals surface area contributed by atoms with E-state index in [1.807, 2.05) is 0 Å². The molecule has 0 aromatic heterocycles. The highest BCUT2D eigenvalue weighted by Gasteiger charge is 2.36. The first-order chi connectivity index (χ1) is 9.90. The molecule has 7 nitrogen and oxygen atoms in total. The fraction of sp³-hybridized carbons (Fsp3) is 0.385. The molecule has 0 saturated carbocycles. The molecule has 0 amide bonds. The van der Waals surface area contributed by atoms with Gasteiger partial charge in [-0.3, -0.25) is 14.5 Å². The lowest BCUT2D eigenvalue weighted by Gasteiger charge is -2.36. The summed E-state index contributed by atoms with van der Waals surface area (Å²) in [5, 5.41) is 27.9. The molecule has 2 atom stereocenters. The van der Waals surface area contributed by atoms with Gasteiger partial charge in [0.25, 0.3) is 0 Å². The Bertz CT molecular complexity index is 548. The monoisotopic (exact) mass is 299 g/mol. The van der Waals surface area contributed by atoms with Crippen molar-refractivity contribution in [2.75, 3.05) is 19.7 Å². The average Bonchev–Trinajstić information content (AvgIpc) is 2.38. The van der Waals surface area contributed by atoms with E-state index in [0.29, 0.717) is 0 Å². The summed E-state index contributed by atoms with van der Waals surface area (Å²) in [4.78, 5) is 22.7. The number of aliphatic hydroxyl groups excluding tert-OH is 1. The molecule has 2 unspecified atom stereocenters. The van der Waals surface area contributed by atoms with E-state index in [9.17, 15) is 19.1 Å². The summed E-state index contributed by atoms with van der Waals surface area (Å²) in [6.45, 7) is -1.33. The van der Waals surface area contributed by atoms with Gasteiger partial charge in [0.15, 0.2) is 11.6 Å². The van der Waals surface area contributed by atoms with Gasteiger partial charge >= 0.3 is 11.9 Å². The molecule has 0 fully saturated rings. The van der Waals surface area contributed by atoms with Crippen molar-refractivity contribution < 1.29 is 34.0 Å². The third-order valence-corrected chi connectivity index (χ3v) is 3.22. The predicted molar refractivity (Wildman–Crippen MR) is 67.5 cm³/mol. The Kier molecular flexibility index (Phi) is 4.39. The quantitative estimate of drug-likeness (QED) is 0.707. The lowest BCUT2D eigenvalue weighted by Crippen LogP contribution is -2.50. The van der Waals surface area contributed by atoms with Gasteiger partial charge < -0.3 is 20.1 Å². The molecule has 1 aliphatic rings. The van der Waals surface area contributed by atoms with E-state index in [1.54, 1.807) is 0 Å².